The molecule has 0 fully saturated rings. The molecule has 2 heterocycles. The number of ether oxygens (including phenoxy) is 2. The van der Waals surface area contributed by atoms with Crippen molar-refractivity contribution >= 4 is 32.0 Å². The van der Waals surface area contributed by atoms with Crippen LogP contribution in [-0.2, 0) is 9.47 Å². The fourth-order valence-electron chi connectivity index (χ4n) is 2.59. The lowest BCUT2D eigenvalue weighted by atomic mass is 10.1. The summed E-state index contributed by atoms with van der Waals surface area (Å²) in [5, 5.41) is 1.58. The van der Waals surface area contributed by atoms with E-state index in [0.29, 0.717) is 0 Å². The second kappa shape index (κ2) is 13.0. The van der Waals surface area contributed by atoms with Gasteiger partial charge in [0.25, 0.3) is 10.5 Å². The maximum atomic E-state index is 5.85. The molecule has 6 heteroatoms. The van der Waals surface area contributed by atoms with E-state index in [0.717, 1.165) is 62.4 Å². The van der Waals surface area contributed by atoms with Gasteiger partial charge < -0.3 is 9.47 Å². The summed E-state index contributed by atoms with van der Waals surface area (Å²) in [6.07, 6.45) is 13.6. The number of hydrogen-bond acceptors (Lipinski definition) is 6. The van der Waals surface area contributed by atoms with Crippen LogP contribution in [0.4, 0.5) is 0 Å². The van der Waals surface area contributed by atoms with E-state index in [-0.39, 0.29) is 0 Å². The van der Waals surface area contributed by atoms with Crippen LogP contribution in [0.1, 0.15) is 70.6 Å². The normalized spacial score (nSPS) is 27.1. The van der Waals surface area contributed by atoms with Gasteiger partial charge in [-0.1, -0.05) is 44.9 Å². The Kier molecular flexibility index (Phi) is 10.7. The van der Waals surface area contributed by atoms with Gasteiger partial charge in [0.2, 0.25) is 0 Å². The molecule has 0 amide bonds. The maximum absolute atomic E-state index is 5.85. The highest BCUT2D eigenvalue weighted by atomic mass is 33.1. The summed E-state index contributed by atoms with van der Waals surface area (Å²) in [6, 6.07) is 0. The average molecular weight is 359 g/mol. The first-order valence-corrected chi connectivity index (χ1v) is 11.3. The van der Waals surface area contributed by atoms with Crippen LogP contribution in [0.5, 0.6) is 0 Å². The van der Waals surface area contributed by atoms with Gasteiger partial charge in [-0.25, -0.2) is 9.98 Å². The van der Waals surface area contributed by atoms with Crippen LogP contribution in [0.2, 0.25) is 0 Å². The van der Waals surface area contributed by atoms with Crippen molar-refractivity contribution in [1.82, 2.24) is 0 Å². The predicted molar refractivity (Wildman–Crippen MR) is 102 cm³/mol. The van der Waals surface area contributed by atoms with E-state index in [2.05, 4.69) is 9.98 Å². The topological polar surface area (TPSA) is 43.2 Å². The second-order valence-corrected chi connectivity index (χ2v) is 8.08. The first kappa shape index (κ1) is 19.0. The molecule has 0 radical (unpaired) electrons. The summed E-state index contributed by atoms with van der Waals surface area (Å²) in [4.78, 5) is 9.20. The first-order chi connectivity index (χ1) is 11.4. The Hall–Kier alpha value is -0.360. The summed E-state index contributed by atoms with van der Waals surface area (Å²) in [7, 11) is 3.13. The minimum absolute atomic E-state index is 0.778. The highest BCUT2D eigenvalue weighted by molar-refractivity contribution is 8.87. The van der Waals surface area contributed by atoms with Gasteiger partial charge in [0.15, 0.2) is 0 Å². The van der Waals surface area contributed by atoms with Crippen LogP contribution in [-0.4, -0.2) is 36.8 Å². The van der Waals surface area contributed by atoms with Crippen molar-refractivity contribution in [2.45, 2.75) is 70.6 Å². The zero-order chi connectivity index (χ0) is 16.0. The van der Waals surface area contributed by atoms with Gasteiger partial charge in [0.1, 0.15) is 0 Å². The third-order valence-electron chi connectivity index (χ3n) is 3.97. The molecule has 0 unspecified atom stereocenters. The zero-order valence-corrected chi connectivity index (χ0v) is 15.8. The van der Waals surface area contributed by atoms with Crippen LogP contribution in [0.3, 0.4) is 0 Å². The molecule has 132 valence electrons. The molecule has 2 rings (SSSR count). The quantitative estimate of drug-likeness (QED) is 0.541. The molecule has 0 atom stereocenters. The molecule has 0 aromatic heterocycles. The lowest BCUT2D eigenvalue weighted by molar-refractivity contribution is 0.297. The van der Waals surface area contributed by atoms with E-state index in [1.807, 2.05) is 0 Å². The van der Waals surface area contributed by atoms with Gasteiger partial charge >= 0.3 is 0 Å². The molecule has 4 nitrogen and oxygen atoms in total. The monoisotopic (exact) mass is 358 g/mol. The molecule has 2 aliphatic heterocycles. The average Bonchev–Trinajstić information content (AvgIpc) is 2.64. The van der Waals surface area contributed by atoms with Crippen LogP contribution < -0.4 is 0 Å². The van der Waals surface area contributed by atoms with Crippen LogP contribution in [0.15, 0.2) is 9.98 Å². The molecule has 0 N–H and O–H groups in total. The van der Waals surface area contributed by atoms with Gasteiger partial charge in [0.05, 0.1) is 13.2 Å². The van der Waals surface area contributed by atoms with Gasteiger partial charge in [-0.15, -0.1) is 0 Å². The van der Waals surface area contributed by atoms with Gasteiger partial charge in [-0.05, 0) is 25.7 Å². The largest absolute Gasteiger partial charge is 0.472 e. The van der Waals surface area contributed by atoms with E-state index in [1.165, 1.54) is 44.9 Å². The smallest absolute Gasteiger partial charge is 0.257 e. The molecule has 0 aromatic rings. The highest BCUT2D eigenvalue weighted by Crippen LogP contribution is 2.27. The van der Waals surface area contributed by atoms with E-state index < -0.39 is 0 Å². The van der Waals surface area contributed by atoms with Crippen molar-refractivity contribution in [3.05, 3.63) is 0 Å². The molecule has 0 aromatic carbocycles. The lowest BCUT2D eigenvalue weighted by Crippen LogP contribution is -2.06. The molecule has 0 saturated heterocycles. The van der Waals surface area contributed by atoms with Crippen molar-refractivity contribution in [2.24, 2.45) is 9.98 Å². The maximum Gasteiger partial charge on any atom is 0.257 e. The number of rotatable bonds is 0. The minimum atomic E-state index is 0.778. The van der Waals surface area contributed by atoms with Crippen LogP contribution in [0, 0.1) is 0 Å². The second-order valence-electron chi connectivity index (χ2n) is 6.05. The lowest BCUT2D eigenvalue weighted by Gasteiger charge is -2.12. The van der Waals surface area contributed by atoms with Crippen molar-refractivity contribution in [3.8, 4) is 0 Å². The summed E-state index contributed by atoms with van der Waals surface area (Å²) in [5.74, 6) is 0. The van der Waals surface area contributed by atoms with Crippen molar-refractivity contribution in [3.63, 3.8) is 0 Å². The van der Waals surface area contributed by atoms with Crippen molar-refractivity contribution < 1.29 is 9.47 Å². The number of hydrogen-bond donors (Lipinski definition) is 0. The molecule has 0 saturated carbocycles. The third kappa shape index (κ3) is 9.50. The summed E-state index contributed by atoms with van der Waals surface area (Å²) in [5.41, 5.74) is 0. The Morgan fingerprint density at radius 3 is 1.39 bits per heavy atom. The van der Waals surface area contributed by atoms with E-state index >= 15 is 0 Å². The summed E-state index contributed by atoms with van der Waals surface area (Å²) < 4.78 is 11.7. The molecule has 0 bridgehead atoms. The van der Waals surface area contributed by atoms with E-state index in [9.17, 15) is 0 Å². The molecular formula is C17H30N2O2S2. The fraction of sp³-hybridized carbons (Fsp3) is 0.882. The SMILES string of the molecule is C1CCCCO/C(SS/C2=N/CCCCCCCO2)=N\CCC1. The summed E-state index contributed by atoms with van der Waals surface area (Å²) >= 11 is 0. The van der Waals surface area contributed by atoms with E-state index in [1.54, 1.807) is 21.6 Å². The molecule has 0 aliphatic carbocycles. The predicted octanol–water partition coefficient (Wildman–Crippen LogP) is 5.43. The number of aliphatic imine (C=N–C) groups is 2. The Morgan fingerprint density at radius 1 is 0.522 bits per heavy atom. The first-order valence-electron chi connectivity index (χ1n) is 9.14. The number of nitrogens with zero attached hydrogens (tertiary/aromatic N) is 2. The molecular weight excluding hydrogens is 328 g/mol. The highest BCUT2D eigenvalue weighted by Gasteiger charge is 2.10. The molecule has 23 heavy (non-hydrogen) atoms. The Labute approximate surface area is 148 Å². The Bertz CT molecular complexity index is 376. The molecule has 0 spiro atoms. The van der Waals surface area contributed by atoms with Crippen molar-refractivity contribution in [2.75, 3.05) is 26.3 Å². The van der Waals surface area contributed by atoms with Gasteiger partial charge in [-0.2, -0.15) is 0 Å². The van der Waals surface area contributed by atoms with E-state index in [4.69, 9.17) is 9.47 Å². The van der Waals surface area contributed by atoms with Crippen LogP contribution >= 0.6 is 21.6 Å². The van der Waals surface area contributed by atoms with Gasteiger partial charge in [0, 0.05) is 34.7 Å². The fourth-order valence-corrected chi connectivity index (χ4v) is 4.31. The molecule has 2 aliphatic rings. The standard InChI is InChI=1S/C17H30N2O2S2/c1-2-6-10-14-20-16(18-12-8-4-1)22-23-17-19-13-9-5-3-7-11-15-21-17/h1-15H2/b18-16+,19-17+. The Balaban J connectivity index is 1.79. The van der Waals surface area contributed by atoms with Crippen molar-refractivity contribution in [1.29, 1.82) is 0 Å². The Morgan fingerprint density at radius 2 is 0.913 bits per heavy atom. The summed E-state index contributed by atoms with van der Waals surface area (Å²) in [6.45, 7) is 3.30. The van der Waals surface area contributed by atoms with Gasteiger partial charge in [-0.3, -0.25) is 0 Å². The zero-order valence-electron chi connectivity index (χ0n) is 14.1. The third-order valence-corrected chi connectivity index (χ3v) is 5.94. The van der Waals surface area contributed by atoms with Crippen LogP contribution in [0.25, 0.3) is 0 Å². The minimum Gasteiger partial charge on any atom is -0.472 e.